The molecule has 0 fully saturated rings. The summed E-state index contributed by atoms with van der Waals surface area (Å²) in [6, 6.07) is 1.45. The van der Waals surface area contributed by atoms with Crippen molar-refractivity contribution in [1.29, 1.82) is 0 Å². The highest BCUT2D eigenvalue weighted by Gasteiger charge is 2.19. The van der Waals surface area contributed by atoms with Crippen LogP contribution in [-0.2, 0) is 0 Å². The molecule has 1 rings (SSSR count). The monoisotopic (exact) mass is 283 g/mol. The molecular weight excluding hydrogens is 268 g/mol. The Kier molecular flexibility index (Phi) is 6.56. The summed E-state index contributed by atoms with van der Waals surface area (Å²) in [7, 11) is 0. The molecule has 20 heavy (non-hydrogen) atoms. The van der Waals surface area contributed by atoms with E-state index in [0.717, 1.165) is 4.90 Å². The molecule has 0 saturated heterocycles. The number of nitrogens with zero attached hydrogens (tertiary/aromatic N) is 2. The van der Waals surface area contributed by atoms with Crippen LogP contribution in [0.2, 0.25) is 0 Å². The standard InChI is InChI=1S/C13H15F2N3O2/c14-12(15)9-18(4-5-19)13(20)11-6-10(2-1-3-16)7-17-8-11/h6-8,12,19H,3-5,9,16H2. The van der Waals surface area contributed by atoms with Gasteiger partial charge in [0.05, 0.1) is 25.3 Å². The van der Waals surface area contributed by atoms with Crippen molar-refractivity contribution in [3.05, 3.63) is 29.6 Å². The minimum Gasteiger partial charge on any atom is -0.395 e. The van der Waals surface area contributed by atoms with Crippen molar-refractivity contribution in [2.24, 2.45) is 5.73 Å². The molecule has 0 aliphatic rings. The SMILES string of the molecule is NCC#Cc1cncc(C(=O)N(CCO)CC(F)F)c1. The number of hydrogen-bond acceptors (Lipinski definition) is 4. The predicted molar refractivity (Wildman–Crippen MR) is 69.2 cm³/mol. The molecule has 1 aromatic rings. The van der Waals surface area contributed by atoms with Gasteiger partial charge in [-0.15, -0.1) is 0 Å². The van der Waals surface area contributed by atoms with Gasteiger partial charge >= 0.3 is 0 Å². The average molecular weight is 283 g/mol. The van der Waals surface area contributed by atoms with Gasteiger partial charge in [0, 0.05) is 24.5 Å². The van der Waals surface area contributed by atoms with Gasteiger partial charge in [0.25, 0.3) is 12.3 Å². The first-order chi connectivity index (χ1) is 9.58. The van der Waals surface area contributed by atoms with Crippen molar-refractivity contribution >= 4 is 5.91 Å². The van der Waals surface area contributed by atoms with E-state index >= 15 is 0 Å². The van der Waals surface area contributed by atoms with Crippen LogP contribution in [0.5, 0.6) is 0 Å². The van der Waals surface area contributed by atoms with E-state index in [1.54, 1.807) is 0 Å². The zero-order valence-electron chi connectivity index (χ0n) is 10.7. The summed E-state index contributed by atoms with van der Waals surface area (Å²) in [5.41, 5.74) is 5.85. The summed E-state index contributed by atoms with van der Waals surface area (Å²) in [5, 5.41) is 8.83. The van der Waals surface area contributed by atoms with Crippen LogP contribution in [0.1, 0.15) is 15.9 Å². The summed E-state index contributed by atoms with van der Waals surface area (Å²) in [4.78, 5) is 16.8. The lowest BCUT2D eigenvalue weighted by Gasteiger charge is -2.21. The van der Waals surface area contributed by atoms with Gasteiger partial charge in [-0.05, 0) is 6.07 Å². The molecule has 7 heteroatoms. The number of nitrogens with two attached hydrogens (primary N) is 1. The zero-order chi connectivity index (χ0) is 15.0. The number of alkyl halides is 2. The summed E-state index contributed by atoms with van der Waals surface area (Å²) in [5.74, 6) is 4.69. The number of pyridine rings is 1. The largest absolute Gasteiger partial charge is 0.395 e. The fraction of sp³-hybridized carbons (Fsp3) is 0.385. The minimum atomic E-state index is -2.67. The van der Waals surface area contributed by atoms with Crippen molar-refractivity contribution in [2.45, 2.75) is 6.43 Å². The lowest BCUT2D eigenvalue weighted by molar-refractivity contribution is 0.0509. The number of aromatic nitrogens is 1. The molecular formula is C13H15F2N3O2. The molecule has 0 aliphatic heterocycles. The first-order valence-corrected chi connectivity index (χ1v) is 5.90. The number of aliphatic hydroxyl groups excluding tert-OH is 1. The third-order valence-electron chi connectivity index (χ3n) is 2.34. The third-order valence-corrected chi connectivity index (χ3v) is 2.34. The normalized spacial score (nSPS) is 10.1. The van der Waals surface area contributed by atoms with Crippen LogP contribution < -0.4 is 5.73 Å². The molecule has 0 saturated carbocycles. The number of carbonyl (C=O) groups is 1. The van der Waals surface area contributed by atoms with Gasteiger partial charge in [-0.1, -0.05) is 11.8 Å². The fourth-order valence-electron chi connectivity index (χ4n) is 1.52. The Bertz CT molecular complexity index is 512. The van der Waals surface area contributed by atoms with E-state index in [1.807, 2.05) is 0 Å². The Morgan fingerprint density at radius 3 is 2.85 bits per heavy atom. The maximum atomic E-state index is 12.4. The maximum Gasteiger partial charge on any atom is 0.255 e. The molecule has 0 aliphatic carbocycles. The Hall–Kier alpha value is -2.04. The number of rotatable bonds is 5. The highest BCUT2D eigenvalue weighted by molar-refractivity contribution is 5.94. The van der Waals surface area contributed by atoms with Gasteiger partial charge in [-0.3, -0.25) is 9.78 Å². The molecule has 5 nitrogen and oxygen atoms in total. The summed E-state index contributed by atoms with van der Waals surface area (Å²) in [6.07, 6.45) is 0.0491. The second-order valence-electron chi connectivity index (χ2n) is 3.83. The minimum absolute atomic E-state index is 0.142. The number of hydrogen-bond donors (Lipinski definition) is 2. The summed E-state index contributed by atoms with van der Waals surface area (Å²) >= 11 is 0. The van der Waals surface area contributed by atoms with E-state index < -0.39 is 25.5 Å². The van der Waals surface area contributed by atoms with E-state index in [9.17, 15) is 13.6 Å². The quantitative estimate of drug-likeness (QED) is 0.751. The molecule has 0 bridgehead atoms. The second-order valence-corrected chi connectivity index (χ2v) is 3.83. The van der Waals surface area contributed by atoms with Gasteiger partial charge in [0.15, 0.2) is 0 Å². The lowest BCUT2D eigenvalue weighted by Crippen LogP contribution is -2.37. The first kappa shape index (κ1) is 16.0. The Balaban J connectivity index is 2.93. The van der Waals surface area contributed by atoms with Gasteiger partial charge in [-0.25, -0.2) is 8.78 Å². The van der Waals surface area contributed by atoms with Crippen LogP contribution in [0.15, 0.2) is 18.5 Å². The second kappa shape index (κ2) is 8.19. The van der Waals surface area contributed by atoms with Gasteiger partial charge < -0.3 is 15.7 Å². The van der Waals surface area contributed by atoms with E-state index in [0.29, 0.717) is 5.56 Å². The van der Waals surface area contributed by atoms with Crippen molar-refractivity contribution in [3.63, 3.8) is 0 Å². The summed E-state index contributed by atoms with van der Waals surface area (Å²) in [6.45, 7) is -1.13. The molecule has 0 radical (unpaired) electrons. The van der Waals surface area contributed by atoms with E-state index in [4.69, 9.17) is 10.8 Å². The Morgan fingerprint density at radius 2 is 2.25 bits per heavy atom. The number of halogens is 2. The van der Waals surface area contributed by atoms with Crippen molar-refractivity contribution in [3.8, 4) is 11.8 Å². The molecule has 0 aromatic carbocycles. The van der Waals surface area contributed by atoms with E-state index in [-0.39, 0.29) is 18.7 Å². The van der Waals surface area contributed by atoms with Crippen molar-refractivity contribution < 1.29 is 18.7 Å². The van der Waals surface area contributed by atoms with Gasteiger partial charge in [-0.2, -0.15) is 0 Å². The van der Waals surface area contributed by atoms with Gasteiger partial charge in [0.1, 0.15) is 0 Å². The van der Waals surface area contributed by atoms with Crippen molar-refractivity contribution in [1.82, 2.24) is 9.88 Å². The topological polar surface area (TPSA) is 79.5 Å². The van der Waals surface area contributed by atoms with Crippen LogP contribution in [0.25, 0.3) is 0 Å². The predicted octanol–water partition coefficient (Wildman–Crippen LogP) is 0.0914. The van der Waals surface area contributed by atoms with Crippen molar-refractivity contribution in [2.75, 3.05) is 26.2 Å². The van der Waals surface area contributed by atoms with E-state index in [2.05, 4.69) is 16.8 Å². The molecule has 1 aromatic heterocycles. The number of carbonyl (C=O) groups excluding carboxylic acids is 1. The summed E-state index contributed by atoms with van der Waals surface area (Å²) < 4.78 is 24.8. The van der Waals surface area contributed by atoms with Crippen LogP contribution in [-0.4, -0.2) is 53.6 Å². The Morgan fingerprint density at radius 1 is 1.50 bits per heavy atom. The zero-order valence-corrected chi connectivity index (χ0v) is 10.7. The lowest BCUT2D eigenvalue weighted by atomic mass is 10.2. The van der Waals surface area contributed by atoms with Crippen LogP contribution in [0.4, 0.5) is 8.78 Å². The van der Waals surface area contributed by atoms with E-state index in [1.165, 1.54) is 18.5 Å². The van der Waals surface area contributed by atoms with Crippen LogP contribution in [0.3, 0.4) is 0 Å². The third kappa shape index (κ3) is 4.91. The molecule has 0 spiro atoms. The molecule has 108 valence electrons. The molecule has 1 amide bonds. The number of amides is 1. The fourth-order valence-corrected chi connectivity index (χ4v) is 1.52. The highest BCUT2D eigenvalue weighted by atomic mass is 19.3. The molecule has 0 unspecified atom stereocenters. The van der Waals surface area contributed by atoms with Crippen LogP contribution >= 0.6 is 0 Å². The van der Waals surface area contributed by atoms with Gasteiger partial charge in [0.2, 0.25) is 0 Å². The number of aliphatic hydroxyl groups is 1. The molecule has 0 atom stereocenters. The molecule has 3 N–H and O–H groups in total. The Labute approximate surface area is 115 Å². The smallest absolute Gasteiger partial charge is 0.255 e. The maximum absolute atomic E-state index is 12.4. The van der Waals surface area contributed by atoms with Crippen LogP contribution in [0, 0.1) is 11.8 Å². The highest BCUT2D eigenvalue weighted by Crippen LogP contribution is 2.08. The first-order valence-electron chi connectivity index (χ1n) is 5.90. The average Bonchev–Trinajstić information content (AvgIpc) is 2.43. The molecule has 1 heterocycles.